The number of carbonyl (C=O) groups is 1. The van der Waals surface area contributed by atoms with Gasteiger partial charge in [0.05, 0.1) is 6.21 Å². The molecule has 0 heterocycles. The van der Waals surface area contributed by atoms with Crippen LogP contribution in [0, 0.1) is 5.92 Å². The quantitative estimate of drug-likeness (QED) is 0.571. The third-order valence-corrected chi connectivity index (χ3v) is 5.06. The van der Waals surface area contributed by atoms with Gasteiger partial charge in [-0.3, -0.25) is 4.79 Å². The van der Waals surface area contributed by atoms with E-state index in [-0.39, 0.29) is 17.2 Å². The maximum atomic E-state index is 12.2. The van der Waals surface area contributed by atoms with Crippen LogP contribution in [0.25, 0.3) is 0 Å². The van der Waals surface area contributed by atoms with Gasteiger partial charge in [0.15, 0.2) is 0 Å². The van der Waals surface area contributed by atoms with E-state index in [1.165, 1.54) is 11.1 Å². The van der Waals surface area contributed by atoms with Crippen molar-refractivity contribution in [3.05, 3.63) is 69.7 Å². The molecule has 1 fully saturated rings. The minimum Gasteiger partial charge on any atom is -0.273 e. The predicted octanol–water partition coefficient (Wildman–Crippen LogP) is 5.00. The lowest BCUT2D eigenvalue weighted by Gasteiger charge is -2.19. The van der Waals surface area contributed by atoms with Crippen LogP contribution in [-0.4, -0.2) is 12.1 Å². The fraction of sp³-hybridized carbons (Fsp3) is 0.333. The highest BCUT2D eigenvalue weighted by Gasteiger charge is 2.43. The van der Waals surface area contributed by atoms with Gasteiger partial charge in [0.25, 0.3) is 0 Å². The van der Waals surface area contributed by atoms with Crippen molar-refractivity contribution in [1.82, 2.24) is 5.43 Å². The Morgan fingerprint density at radius 2 is 1.92 bits per heavy atom. The molecule has 1 N–H and O–H groups in total. The molecule has 0 aliphatic heterocycles. The Hall–Kier alpha value is -1.94. The summed E-state index contributed by atoms with van der Waals surface area (Å²) in [5.74, 6) is 0.339. The number of rotatable bonds is 4. The highest BCUT2D eigenvalue weighted by atomic mass is 79.9. The molecule has 25 heavy (non-hydrogen) atoms. The number of carbonyl (C=O) groups excluding carboxylic acids is 1. The van der Waals surface area contributed by atoms with Gasteiger partial charge in [-0.2, -0.15) is 5.10 Å². The summed E-state index contributed by atoms with van der Waals surface area (Å²) in [5, 5.41) is 4.07. The number of halogens is 1. The Morgan fingerprint density at radius 3 is 2.56 bits per heavy atom. The van der Waals surface area contributed by atoms with Gasteiger partial charge in [-0.25, -0.2) is 5.43 Å². The van der Waals surface area contributed by atoms with Crippen LogP contribution in [0.4, 0.5) is 0 Å². The molecule has 1 amide bonds. The summed E-state index contributed by atoms with van der Waals surface area (Å²) in [7, 11) is 0. The van der Waals surface area contributed by atoms with Gasteiger partial charge >= 0.3 is 0 Å². The molecule has 0 unspecified atom stereocenters. The van der Waals surface area contributed by atoms with E-state index in [4.69, 9.17) is 0 Å². The average molecular weight is 399 g/mol. The Labute approximate surface area is 157 Å². The van der Waals surface area contributed by atoms with Crippen molar-refractivity contribution >= 4 is 28.1 Å². The van der Waals surface area contributed by atoms with Crippen LogP contribution < -0.4 is 5.43 Å². The van der Waals surface area contributed by atoms with E-state index >= 15 is 0 Å². The molecule has 1 aliphatic rings. The summed E-state index contributed by atoms with van der Waals surface area (Å²) in [6.45, 7) is 6.62. The van der Waals surface area contributed by atoms with E-state index < -0.39 is 0 Å². The van der Waals surface area contributed by atoms with Crippen molar-refractivity contribution in [2.75, 3.05) is 0 Å². The van der Waals surface area contributed by atoms with Gasteiger partial charge in [-0.05, 0) is 46.6 Å². The van der Waals surface area contributed by atoms with E-state index in [0.717, 1.165) is 16.5 Å². The summed E-state index contributed by atoms with van der Waals surface area (Å²) in [4.78, 5) is 12.2. The molecule has 130 valence electrons. The molecule has 3 rings (SSSR count). The highest BCUT2D eigenvalue weighted by Crippen LogP contribution is 2.47. The molecular weight excluding hydrogens is 376 g/mol. The smallest absolute Gasteiger partial charge is 0.243 e. The molecule has 4 heteroatoms. The lowest BCUT2D eigenvalue weighted by molar-refractivity contribution is -0.122. The molecule has 0 bridgehead atoms. The standard InChI is InChI=1S/C21H23BrN2O/c1-21(2,3)16-9-7-15(8-10-16)18-12-19(18)20(25)24-23-13-14-5-4-6-17(22)11-14/h4-11,13,18-19H,12H2,1-3H3,(H,24,25)/t18-,19-/m1/s1. The minimum absolute atomic E-state index is 0.00357. The first kappa shape index (κ1) is 17.9. The Balaban J connectivity index is 1.55. The van der Waals surface area contributed by atoms with Gasteiger partial charge < -0.3 is 0 Å². The average Bonchev–Trinajstić information content (AvgIpc) is 3.35. The molecule has 2 aromatic carbocycles. The van der Waals surface area contributed by atoms with Gasteiger partial charge in [-0.1, -0.05) is 73.1 Å². The number of nitrogens with zero attached hydrogens (tertiary/aromatic N) is 1. The van der Waals surface area contributed by atoms with E-state index in [9.17, 15) is 4.79 Å². The zero-order valence-electron chi connectivity index (χ0n) is 14.8. The maximum Gasteiger partial charge on any atom is 0.243 e. The summed E-state index contributed by atoms with van der Waals surface area (Å²) >= 11 is 3.42. The first-order chi connectivity index (χ1) is 11.8. The van der Waals surface area contributed by atoms with Crippen molar-refractivity contribution in [2.45, 2.75) is 38.5 Å². The fourth-order valence-electron chi connectivity index (χ4n) is 2.92. The fourth-order valence-corrected chi connectivity index (χ4v) is 3.34. The largest absolute Gasteiger partial charge is 0.273 e. The maximum absolute atomic E-state index is 12.2. The molecule has 0 aromatic heterocycles. The molecule has 1 aliphatic carbocycles. The Kier molecular flexibility index (Phi) is 5.09. The Morgan fingerprint density at radius 1 is 1.20 bits per heavy atom. The van der Waals surface area contributed by atoms with Crippen molar-refractivity contribution in [2.24, 2.45) is 11.0 Å². The van der Waals surface area contributed by atoms with E-state index in [1.54, 1.807) is 6.21 Å². The number of hydrogen-bond donors (Lipinski definition) is 1. The number of benzene rings is 2. The first-order valence-electron chi connectivity index (χ1n) is 8.53. The van der Waals surface area contributed by atoms with Crippen LogP contribution in [0.15, 0.2) is 58.1 Å². The highest BCUT2D eigenvalue weighted by molar-refractivity contribution is 9.10. The van der Waals surface area contributed by atoms with Crippen molar-refractivity contribution < 1.29 is 4.79 Å². The summed E-state index contributed by atoms with van der Waals surface area (Å²) in [6, 6.07) is 16.4. The summed E-state index contributed by atoms with van der Waals surface area (Å²) in [5.41, 5.74) is 6.32. The molecule has 1 saturated carbocycles. The molecule has 2 atom stereocenters. The van der Waals surface area contributed by atoms with Crippen LogP contribution >= 0.6 is 15.9 Å². The van der Waals surface area contributed by atoms with Crippen LogP contribution in [0.2, 0.25) is 0 Å². The van der Waals surface area contributed by atoms with Crippen LogP contribution in [0.3, 0.4) is 0 Å². The van der Waals surface area contributed by atoms with E-state index in [0.29, 0.717) is 5.92 Å². The second-order valence-corrected chi connectivity index (χ2v) is 8.53. The molecule has 2 aromatic rings. The topological polar surface area (TPSA) is 41.5 Å². The summed E-state index contributed by atoms with van der Waals surface area (Å²) in [6.07, 6.45) is 2.56. The predicted molar refractivity (Wildman–Crippen MR) is 106 cm³/mol. The zero-order chi connectivity index (χ0) is 18.0. The van der Waals surface area contributed by atoms with Gasteiger partial charge in [0.2, 0.25) is 5.91 Å². The second-order valence-electron chi connectivity index (χ2n) is 7.61. The van der Waals surface area contributed by atoms with Crippen LogP contribution in [0.1, 0.15) is 49.8 Å². The number of hydrogen-bond acceptors (Lipinski definition) is 2. The lowest BCUT2D eigenvalue weighted by Crippen LogP contribution is -2.20. The lowest BCUT2D eigenvalue weighted by atomic mass is 9.86. The molecule has 0 radical (unpaired) electrons. The first-order valence-corrected chi connectivity index (χ1v) is 9.33. The molecule has 0 spiro atoms. The SMILES string of the molecule is CC(C)(C)c1ccc([C@H]2C[C@H]2C(=O)NN=Cc2cccc(Br)c2)cc1. The third-order valence-electron chi connectivity index (χ3n) is 4.57. The van der Waals surface area contributed by atoms with E-state index in [2.05, 4.69) is 71.5 Å². The minimum atomic E-state index is -0.00357. The molecule has 0 saturated heterocycles. The van der Waals surface area contributed by atoms with Gasteiger partial charge in [-0.15, -0.1) is 0 Å². The van der Waals surface area contributed by atoms with Crippen molar-refractivity contribution in [3.63, 3.8) is 0 Å². The number of amides is 1. The molecule has 3 nitrogen and oxygen atoms in total. The van der Waals surface area contributed by atoms with Crippen LogP contribution in [0.5, 0.6) is 0 Å². The van der Waals surface area contributed by atoms with Crippen molar-refractivity contribution in [1.29, 1.82) is 0 Å². The Bertz CT molecular complexity index is 790. The molecular formula is C21H23BrN2O. The monoisotopic (exact) mass is 398 g/mol. The van der Waals surface area contributed by atoms with Crippen LogP contribution in [-0.2, 0) is 10.2 Å². The normalized spacial score (nSPS) is 19.8. The third kappa shape index (κ3) is 4.57. The van der Waals surface area contributed by atoms with Gasteiger partial charge in [0.1, 0.15) is 0 Å². The zero-order valence-corrected chi connectivity index (χ0v) is 16.4. The van der Waals surface area contributed by atoms with E-state index in [1.807, 2.05) is 24.3 Å². The number of hydrazone groups is 1. The van der Waals surface area contributed by atoms with Gasteiger partial charge in [0, 0.05) is 10.4 Å². The van der Waals surface area contributed by atoms with Crippen molar-refractivity contribution in [3.8, 4) is 0 Å². The number of nitrogens with one attached hydrogen (secondary N) is 1. The summed E-state index contributed by atoms with van der Waals surface area (Å²) < 4.78 is 0.990. The second kappa shape index (κ2) is 7.12.